The van der Waals surface area contributed by atoms with Gasteiger partial charge in [0.05, 0.1) is 0 Å². The highest BCUT2D eigenvalue weighted by molar-refractivity contribution is 5.67. The predicted octanol–water partition coefficient (Wildman–Crippen LogP) is 0.574. The van der Waals surface area contributed by atoms with Gasteiger partial charge < -0.3 is 14.2 Å². The number of H-pyrrole nitrogens is 1. The minimum absolute atomic E-state index is 0.135. The number of aromatic amines is 1. The second-order valence-electron chi connectivity index (χ2n) is 6.22. The van der Waals surface area contributed by atoms with Gasteiger partial charge in [-0.3, -0.25) is 23.9 Å². The Hall–Kier alpha value is -2.68. The molecule has 3 atom stereocenters. The summed E-state index contributed by atoms with van der Waals surface area (Å²) < 4.78 is 17.7. The molecular formula is C17H22N2O7. The van der Waals surface area contributed by atoms with Crippen LogP contribution in [-0.4, -0.2) is 39.8 Å². The van der Waals surface area contributed by atoms with Crippen LogP contribution in [-0.2, 0) is 23.8 Å². The van der Waals surface area contributed by atoms with Gasteiger partial charge in [-0.2, -0.15) is 0 Å². The van der Waals surface area contributed by atoms with Crippen molar-refractivity contribution < 1.29 is 23.8 Å². The molecule has 2 rings (SSSR count). The molecule has 1 unspecified atom stereocenters. The molecule has 1 saturated heterocycles. The summed E-state index contributed by atoms with van der Waals surface area (Å²) in [5.74, 6) is -1.04. The fourth-order valence-electron chi connectivity index (χ4n) is 3.03. The van der Waals surface area contributed by atoms with E-state index in [0.29, 0.717) is 5.56 Å². The van der Waals surface area contributed by atoms with Crippen molar-refractivity contribution in [1.29, 1.82) is 0 Å². The molecule has 142 valence electrons. The van der Waals surface area contributed by atoms with Crippen molar-refractivity contribution in [2.75, 3.05) is 6.61 Å². The maximum absolute atomic E-state index is 12.2. The molecule has 9 heteroatoms. The average molecular weight is 366 g/mol. The Labute approximate surface area is 149 Å². The predicted molar refractivity (Wildman–Crippen MR) is 90.5 cm³/mol. The topological polar surface area (TPSA) is 117 Å². The van der Waals surface area contributed by atoms with E-state index in [0.717, 1.165) is 0 Å². The minimum atomic E-state index is -1.14. The highest BCUT2D eigenvalue weighted by Gasteiger charge is 2.52. The van der Waals surface area contributed by atoms with E-state index in [9.17, 15) is 19.2 Å². The standard InChI is InChI=1S/C17H22N2O7/c1-5-6-17(26-12(4)21)7-14(25-13(17)9-24-11(3)20)19-8-10(2)15(22)18-16(19)23/h5,8,13-14H,1,6-7,9H2,2-4H3,(H,18,22,23)/t13-,14?,17+/m1/s1. The zero-order valence-corrected chi connectivity index (χ0v) is 14.9. The Morgan fingerprint density at radius 2 is 2.12 bits per heavy atom. The maximum Gasteiger partial charge on any atom is 0.330 e. The first-order valence-corrected chi connectivity index (χ1v) is 8.10. The van der Waals surface area contributed by atoms with Crippen molar-refractivity contribution >= 4 is 11.9 Å². The Balaban J connectivity index is 2.42. The van der Waals surface area contributed by atoms with Crippen LogP contribution in [0.1, 0.15) is 38.5 Å². The monoisotopic (exact) mass is 366 g/mol. The fourth-order valence-corrected chi connectivity index (χ4v) is 3.03. The first-order chi connectivity index (χ1) is 12.2. The average Bonchev–Trinajstić information content (AvgIpc) is 2.86. The number of hydrogen-bond donors (Lipinski definition) is 1. The maximum atomic E-state index is 12.2. The van der Waals surface area contributed by atoms with Crippen molar-refractivity contribution in [3.8, 4) is 0 Å². The summed E-state index contributed by atoms with van der Waals surface area (Å²) in [6, 6.07) is 0. The van der Waals surface area contributed by atoms with Crippen LogP contribution >= 0.6 is 0 Å². The molecule has 1 aromatic heterocycles. The highest BCUT2D eigenvalue weighted by Crippen LogP contribution is 2.42. The van der Waals surface area contributed by atoms with Gasteiger partial charge in [0.15, 0.2) is 0 Å². The van der Waals surface area contributed by atoms with Gasteiger partial charge in [-0.05, 0) is 6.92 Å². The lowest BCUT2D eigenvalue weighted by molar-refractivity contribution is -0.170. The molecule has 1 aliphatic rings. The van der Waals surface area contributed by atoms with Crippen molar-refractivity contribution in [3.63, 3.8) is 0 Å². The number of carbonyl (C=O) groups excluding carboxylic acids is 2. The SMILES string of the molecule is C=CC[C@]1(OC(C)=O)CC(n2cc(C)c(=O)[nH]c2=O)O[C@@H]1COC(C)=O. The van der Waals surface area contributed by atoms with Gasteiger partial charge in [0.2, 0.25) is 0 Å². The lowest BCUT2D eigenvalue weighted by Gasteiger charge is -2.31. The number of nitrogens with zero attached hydrogens (tertiary/aromatic N) is 1. The summed E-state index contributed by atoms with van der Waals surface area (Å²) in [6.07, 6.45) is 1.72. The molecule has 0 saturated carbocycles. The third-order valence-corrected chi connectivity index (χ3v) is 4.16. The van der Waals surface area contributed by atoms with Gasteiger partial charge in [0, 0.05) is 38.4 Å². The van der Waals surface area contributed by atoms with Gasteiger partial charge in [-0.25, -0.2) is 4.79 Å². The van der Waals surface area contributed by atoms with Gasteiger partial charge in [-0.15, -0.1) is 6.58 Å². The molecule has 0 bridgehead atoms. The van der Waals surface area contributed by atoms with Crippen molar-refractivity contribution in [3.05, 3.63) is 45.3 Å². The zero-order chi connectivity index (χ0) is 19.5. The van der Waals surface area contributed by atoms with E-state index < -0.39 is 41.1 Å². The third kappa shape index (κ3) is 4.10. The number of nitrogens with one attached hydrogen (secondary N) is 1. The van der Waals surface area contributed by atoms with E-state index in [4.69, 9.17) is 14.2 Å². The molecule has 0 amide bonds. The van der Waals surface area contributed by atoms with Crippen molar-refractivity contribution in [2.45, 2.75) is 51.5 Å². The van der Waals surface area contributed by atoms with Crippen LogP contribution < -0.4 is 11.2 Å². The molecule has 1 fully saturated rings. The smallest absolute Gasteiger partial charge is 0.330 e. The number of ether oxygens (including phenoxy) is 3. The Morgan fingerprint density at radius 3 is 2.69 bits per heavy atom. The largest absolute Gasteiger partial charge is 0.463 e. The number of rotatable bonds is 6. The summed E-state index contributed by atoms with van der Waals surface area (Å²) in [5, 5.41) is 0. The normalized spacial score (nSPS) is 24.9. The Bertz CT molecular complexity index is 825. The van der Waals surface area contributed by atoms with E-state index in [1.54, 1.807) is 13.0 Å². The first kappa shape index (κ1) is 19.6. The summed E-state index contributed by atoms with van der Waals surface area (Å²) in [4.78, 5) is 48.8. The quantitative estimate of drug-likeness (QED) is 0.578. The highest BCUT2D eigenvalue weighted by atomic mass is 16.6. The second kappa shape index (κ2) is 7.69. The molecular weight excluding hydrogens is 344 g/mol. The van der Waals surface area contributed by atoms with Crippen LogP contribution in [0.25, 0.3) is 0 Å². The van der Waals surface area contributed by atoms with E-state index >= 15 is 0 Å². The van der Waals surface area contributed by atoms with E-state index in [-0.39, 0.29) is 19.4 Å². The van der Waals surface area contributed by atoms with Gasteiger partial charge >= 0.3 is 17.6 Å². The summed E-state index contributed by atoms with van der Waals surface area (Å²) in [7, 11) is 0. The molecule has 1 aliphatic heterocycles. The number of aryl methyl sites for hydroxylation is 1. The number of carbonyl (C=O) groups is 2. The molecule has 1 aromatic rings. The molecule has 2 heterocycles. The number of hydrogen-bond acceptors (Lipinski definition) is 7. The zero-order valence-electron chi connectivity index (χ0n) is 14.9. The van der Waals surface area contributed by atoms with Crippen LogP contribution in [0.5, 0.6) is 0 Å². The van der Waals surface area contributed by atoms with Crippen LogP contribution in [0.2, 0.25) is 0 Å². The molecule has 9 nitrogen and oxygen atoms in total. The van der Waals surface area contributed by atoms with Crippen LogP contribution in [0.15, 0.2) is 28.4 Å². The Morgan fingerprint density at radius 1 is 1.42 bits per heavy atom. The number of esters is 2. The third-order valence-electron chi connectivity index (χ3n) is 4.16. The second-order valence-corrected chi connectivity index (χ2v) is 6.22. The molecule has 0 aliphatic carbocycles. The molecule has 1 N–H and O–H groups in total. The van der Waals surface area contributed by atoms with E-state index in [1.807, 2.05) is 0 Å². The Kier molecular flexibility index (Phi) is 5.81. The van der Waals surface area contributed by atoms with E-state index in [1.165, 1.54) is 24.6 Å². The minimum Gasteiger partial charge on any atom is -0.463 e. The van der Waals surface area contributed by atoms with Crippen LogP contribution in [0.4, 0.5) is 0 Å². The summed E-state index contributed by atoms with van der Waals surface area (Å²) in [5.41, 5.74) is -1.94. The van der Waals surface area contributed by atoms with Gasteiger partial charge in [0.1, 0.15) is 24.5 Å². The van der Waals surface area contributed by atoms with Crippen molar-refractivity contribution in [2.24, 2.45) is 0 Å². The van der Waals surface area contributed by atoms with Crippen molar-refractivity contribution in [1.82, 2.24) is 9.55 Å². The van der Waals surface area contributed by atoms with Crippen LogP contribution in [0.3, 0.4) is 0 Å². The lowest BCUT2D eigenvalue weighted by Crippen LogP contribution is -2.45. The first-order valence-electron chi connectivity index (χ1n) is 8.10. The fraction of sp³-hybridized carbons (Fsp3) is 0.529. The van der Waals surface area contributed by atoms with Crippen LogP contribution in [0, 0.1) is 6.92 Å². The van der Waals surface area contributed by atoms with E-state index in [2.05, 4.69) is 11.6 Å². The molecule has 0 radical (unpaired) electrons. The molecule has 0 aromatic carbocycles. The van der Waals surface area contributed by atoms with Gasteiger partial charge in [0.25, 0.3) is 5.56 Å². The summed E-state index contributed by atoms with van der Waals surface area (Å²) >= 11 is 0. The molecule has 26 heavy (non-hydrogen) atoms. The molecule has 0 spiro atoms. The van der Waals surface area contributed by atoms with Gasteiger partial charge in [-0.1, -0.05) is 6.08 Å². The lowest BCUT2D eigenvalue weighted by atomic mass is 9.90. The number of aromatic nitrogens is 2. The summed E-state index contributed by atoms with van der Waals surface area (Å²) in [6.45, 7) is 7.60.